The number of nitrogens with zero attached hydrogens (tertiary/aromatic N) is 3. The molecule has 94 valence electrons. The normalized spacial score (nSPS) is 25.1. The largest absolute Gasteiger partial charge is 0.349 e. The molecule has 0 heterocycles. The smallest absolute Gasteiger partial charge is 0.195 e. The monoisotopic (exact) mass is 225 g/mol. The lowest BCUT2D eigenvalue weighted by Gasteiger charge is -2.27. The molecule has 1 aliphatic carbocycles. The first-order chi connectivity index (χ1) is 7.50. The molecule has 0 aromatic rings. The summed E-state index contributed by atoms with van der Waals surface area (Å²) in [7, 11) is 8.23. The van der Waals surface area contributed by atoms with Crippen molar-refractivity contribution >= 4 is 5.96 Å². The first-order valence-electron chi connectivity index (χ1n) is 6.39. The van der Waals surface area contributed by atoms with Crippen LogP contribution in [0, 0.1) is 11.8 Å². The minimum absolute atomic E-state index is 0.811. The Labute approximate surface area is 101 Å². The molecule has 1 aliphatic rings. The van der Waals surface area contributed by atoms with E-state index in [1.807, 2.05) is 0 Å². The third kappa shape index (κ3) is 4.03. The molecule has 1 fully saturated rings. The van der Waals surface area contributed by atoms with E-state index in [-0.39, 0.29) is 0 Å². The minimum atomic E-state index is 0.811. The Bertz CT molecular complexity index is 215. The minimum Gasteiger partial charge on any atom is -0.349 e. The van der Waals surface area contributed by atoms with Gasteiger partial charge in [0, 0.05) is 34.7 Å². The van der Waals surface area contributed by atoms with Crippen LogP contribution in [0.3, 0.4) is 0 Å². The van der Waals surface area contributed by atoms with E-state index >= 15 is 0 Å². The highest BCUT2D eigenvalue weighted by molar-refractivity contribution is 5.79. The summed E-state index contributed by atoms with van der Waals surface area (Å²) in [5, 5.41) is 0. The van der Waals surface area contributed by atoms with Gasteiger partial charge >= 0.3 is 0 Å². The summed E-state index contributed by atoms with van der Waals surface area (Å²) >= 11 is 0. The standard InChI is InChI=1S/C13H27N3/c1-11-6-8-12(9-7-11)10-14-13(15(2)3)16(4)5/h11-12H,6-10H2,1-5H3. The molecule has 0 unspecified atom stereocenters. The van der Waals surface area contributed by atoms with Gasteiger partial charge in [-0.05, 0) is 24.7 Å². The van der Waals surface area contributed by atoms with Gasteiger partial charge in [-0.15, -0.1) is 0 Å². The summed E-state index contributed by atoms with van der Waals surface area (Å²) in [6.45, 7) is 3.36. The molecule has 0 amide bonds. The molecule has 0 saturated heterocycles. The summed E-state index contributed by atoms with van der Waals surface area (Å²) in [5.74, 6) is 2.83. The third-order valence-corrected chi connectivity index (χ3v) is 3.43. The van der Waals surface area contributed by atoms with Crippen molar-refractivity contribution in [2.24, 2.45) is 16.8 Å². The van der Waals surface area contributed by atoms with E-state index < -0.39 is 0 Å². The highest BCUT2D eigenvalue weighted by Gasteiger charge is 2.18. The molecule has 1 rings (SSSR count). The molecule has 1 saturated carbocycles. The van der Waals surface area contributed by atoms with Crippen LogP contribution in [-0.2, 0) is 0 Å². The molecule has 3 nitrogen and oxygen atoms in total. The Morgan fingerprint density at radius 3 is 1.94 bits per heavy atom. The summed E-state index contributed by atoms with van der Waals surface area (Å²) in [6.07, 6.45) is 5.50. The van der Waals surface area contributed by atoms with Gasteiger partial charge in [0.25, 0.3) is 0 Å². The van der Waals surface area contributed by atoms with Gasteiger partial charge in [0.15, 0.2) is 5.96 Å². The fraction of sp³-hybridized carbons (Fsp3) is 0.923. The number of rotatable bonds is 2. The maximum Gasteiger partial charge on any atom is 0.195 e. The van der Waals surface area contributed by atoms with Crippen LogP contribution in [0.25, 0.3) is 0 Å². The average Bonchev–Trinajstić information content (AvgIpc) is 2.20. The first kappa shape index (κ1) is 13.3. The van der Waals surface area contributed by atoms with E-state index in [4.69, 9.17) is 4.99 Å². The van der Waals surface area contributed by atoms with Gasteiger partial charge in [-0.3, -0.25) is 4.99 Å². The van der Waals surface area contributed by atoms with Crippen LogP contribution >= 0.6 is 0 Å². The Morgan fingerprint density at radius 2 is 1.50 bits per heavy atom. The first-order valence-corrected chi connectivity index (χ1v) is 6.39. The van der Waals surface area contributed by atoms with Gasteiger partial charge in [-0.1, -0.05) is 19.8 Å². The molecular formula is C13H27N3. The van der Waals surface area contributed by atoms with Crippen LogP contribution in [0.5, 0.6) is 0 Å². The van der Waals surface area contributed by atoms with Crippen molar-refractivity contribution in [3.63, 3.8) is 0 Å². The predicted octanol–water partition coefficient (Wildman–Crippen LogP) is 2.29. The van der Waals surface area contributed by atoms with Gasteiger partial charge in [0.05, 0.1) is 0 Å². The van der Waals surface area contributed by atoms with Crippen molar-refractivity contribution in [1.29, 1.82) is 0 Å². The average molecular weight is 225 g/mol. The highest BCUT2D eigenvalue weighted by atomic mass is 15.3. The number of hydrogen-bond acceptors (Lipinski definition) is 1. The van der Waals surface area contributed by atoms with E-state index in [0.717, 1.165) is 24.3 Å². The zero-order valence-electron chi connectivity index (χ0n) is 11.5. The fourth-order valence-electron chi connectivity index (χ4n) is 2.41. The lowest BCUT2D eigenvalue weighted by Crippen LogP contribution is -2.36. The Balaban J connectivity index is 2.44. The zero-order chi connectivity index (χ0) is 12.1. The summed E-state index contributed by atoms with van der Waals surface area (Å²) in [5.41, 5.74) is 0. The van der Waals surface area contributed by atoms with Gasteiger partial charge in [0.2, 0.25) is 0 Å². The Kier molecular flexibility index (Phi) is 5.10. The third-order valence-electron chi connectivity index (χ3n) is 3.43. The molecular weight excluding hydrogens is 198 g/mol. The molecule has 3 heteroatoms. The molecule has 0 N–H and O–H groups in total. The SMILES string of the molecule is CC1CCC(CN=C(N(C)C)N(C)C)CC1. The van der Waals surface area contributed by atoms with Crippen LogP contribution in [0.2, 0.25) is 0 Å². The fourth-order valence-corrected chi connectivity index (χ4v) is 2.41. The molecule has 16 heavy (non-hydrogen) atoms. The molecule has 0 radical (unpaired) electrons. The van der Waals surface area contributed by atoms with Crippen molar-refractivity contribution < 1.29 is 0 Å². The molecule has 0 aliphatic heterocycles. The van der Waals surface area contributed by atoms with E-state index in [1.165, 1.54) is 25.7 Å². The molecule has 0 aromatic heterocycles. The van der Waals surface area contributed by atoms with Crippen molar-refractivity contribution in [2.45, 2.75) is 32.6 Å². The van der Waals surface area contributed by atoms with Gasteiger partial charge in [-0.25, -0.2) is 0 Å². The highest BCUT2D eigenvalue weighted by Crippen LogP contribution is 2.28. The molecule has 0 aromatic carbocycles. The van der Waals surface area contributed by atoms with E-state index in [0.29, 0.717) is 0 Å². The number of hydrogen-bond donors (Lipinski definition) is 0. The Morgan fingerprint density at radius 1 is 1.00 bits per heavy atom. The summed E-state index contributed by atoms with van der Waals surface area (Å²) < 4.78 is 0. The number of aliphatic imine (C=N–C) groups is 1. The van der Waals surface area contributed by atoms with E-state index in [1.54, 1.807) is 0 Å². The van der Waals surface area contributed by atoms with Crippen LogP contribution in [0.4, 0.5) is 0 Å². The molecule has 0 bridgehead atoms. The van der Waals surface area contributed by atoms with Gasteiger partial charge < -0.3 is 9.80 Å². The van der Waals surface area contributed by atoms with Crippen molar-refractivity contribution in [3.8, 4) is 0 Å². The maximum absolute atomic E-state index is 4.74. The number of guanidine groups is 1. The second-order valence-corrected chi connectivity index (χ2v) is 5.56. The van der Waals surface area contributed by atoms with Crippen LogP contribution < -0.4 is 0 Å². The maximum atomic E-state index is 4.74. The second kappa shape index (κ2) is 6.12. The van der Waals surface area contributed by atoms with Crippen molar-refractivity contribution in [3.05, 3.63) is 0 Å². The second-order valence-electron chi connectivity index (χ2n) is 5.56. The van der Waals surface area contributed by atoms with Gasteiger partial charge in [-0.2, -0.15) is 0 Å². The quantitative estimate of drug-likeness (QED) is 0.530. The van der Waals surface area contributed by atoms with Crippen molar-refractivity contribution in [1.82, 2.24) is 9.80 Å². The lowest BCUT2D eigenvalue weighted by atomic mass is 9.83. The summed E-state index contributed by atoms with van der Waals surface area (Å²) in [4.78, 5) is 8.92. The lowest BCUT2D eigenvalue weighted by molar-refractivity contribution is 0.294. The topological polar surface area (TPSA) is 18.8 Å². The Hall–Kier alpha value is -0.730. The summed E-state index contributed by atoms with van der Waals surface area (Å²) in [6, 6.07) is 0. The van der Waals surface area contributed by atoms with E-state index in [2.05, 4.69) is 44.9 Å². The van der Waals surface area contributed by atoms with E-state index in [9.17, 15) is 0 Å². The van der Waals surface area contributed by atoms with Crippen molar-refractivity contribution in [2.75, 3.05) is 34.7 Å². The van der Waals surface area contributed by atoms with Crippen LogP contribution in [0.15, 0.2) is 4.99 Å². The van der Waals surface area contributed by atoms with Crippen LogP contribution in [-0.4, -0.2) is 50.5 Å². The molecule has 0 atom stereocenters. The zero-order valence-corrected chi connectivity index (χ0v) is 11.5. The van der Waals surface area contributed by atoms with Crippen LogP contribution in [0.1, 0.15) is 32.6 Å². The predicted molar refractivity (Wildman–Crippen MR) is 70.8 cm³/mol. The van der Waals surface area contributed by atoms with Gasteiger partial charge in [0.1, 0.15) is 0 Å². The molecule has 0 spiro atoms.